The number of alkyl carbamates (subject to hydrolysis) is 1. The van der Waals surface area contributed by atoms with Crippen LogP contribution in [-0.4, -0.2) is 58.0 Å². The molecule has 1 aromatic carbocycles. The summed E-state index contributed by atoms with van der Waals surface area (Å²) in [5.74, 6) is 0.283. The summed E-state index contributed by atoms with van der Waals surface area (Å²) in [6.45, 7) is 15.3. The number of nitrogens with two attached hydrogens (primary N) is 1. The summed E-state index contributed by atoms with van der Waals surface area (Å²) in [6.07, 6.45) is 0.448. The second-order valence-electron chi connectivity index (χ2n) is 11.2. The van der Waals surface area contributed by atoms with E-state index in [1.807, 2.05) is 46.8 Å². The van der Waals surface area contributed by atoms with Crippen molar-refractivity contribution >= 4 is 35.7 Å². The van der Waals surface area contributed by atoms with Gasteiger partial charge in [0.05, 0.1) is 11.3 Å². The predicted octanol–water partition coefficient (Wildman–Crippen LogP) is 4.81. The van der Waals surface area contributed by atoms with Crippen LogP contribution in [0.3, 0.4) is 0 Å². The standard InChI is InChI=1S/C28H41N5O5S/c1-17-14-18(2)20(24(35)37-27(3,4)5)15-19(17)21-16-23(33-25(29)32-21)39-13-9-10-22(34)30-11-12-31-26(36)38-28(6,7)8/h14-16H,9-13H2,1-8H3,(H,30,34)(H,31,36)(H2,29,32,33). The number of anilines is 1. The first-order chi connectivity index (χ1) is 18.0. The maximum absolute atomic E-state index is 12.8. The van der Waals surface area contributed by atoms with Gasteiger partial charge in [-0.05, 0) is 90.8 Å². The van der Waals surface area contributed by atoms with E-state index < -0.39 is 23.3 Å². The minimum atomic E-state index is -0.606. The number of hydrogen-bond donors (Lipinski definition) is 3. The molecule has 0 saturated carbocycles. The predicted molar refractivity (Wildman–Crippen MR) is 154 cm³/mol. The smallest absolute Gasteiger partial charge is 0.407 e. The number of esters is 1. The molecule has 39 heavy (non-hydrogen) atoms. The molecule has 214 valence electrons. The van der Waals surface area contributed by atoms with Gasteiger partial charge in [0.2, 0.25) is 11.9 Å². The Labute approximate surface area is 235 Å². The third kappa shape index (κ3) is 11.5. The van der Waals surface area contributed by atoms with Crippen LogP contribution in [-0.2, 0) is 14.3 Å². The number of rotatable bonds is 10. The van der Waals surface area contributed by atoms with Crippen molar-refractivity contribution in [1.82, 2.24) is 20.6 Å². The zero-order valence-electron chi connectivity index (χ0n) is 24.2. The molecule has 0 radical (unpaired) electrons. The van der Waals surface area contributed by atoms with E-state index in [-0.39, 0.29) is 18.4 Å². The lowest BCUT2D eigenvalue weighted by atomic mass is 9.97. The highest BCUT2D eigenvalue weighted by molar-refractivity contribution is 7.99. The van der Waals surface area contributed by atoms with Gasteiger partial charge in [-0.1, -0.05) is 6.07 Å². The normalized spacial score (nSPS) is 11.6. The number of nitrogens with zero attached hydrogens (tertiary/aromatic N) is 2. The largest absolute Gasteiger partial charge is 0.456 e. The average molecular weight is 560 g/mol. The highest BCUT2D eigenvalue weighted by Crippen LogP contribution is 2.30. The van der Waals surface area contributed by atoms with Crippen LogP contribution < -0.4 is 16.4 Å². The Kier molecular flexibility index (Phi) is 11.1. The summed E-state index contributed by atoms with van der Waals surface area (Å²) in [4.78, 5) is 45.2. The fourth-order valence-corrected chi connectivity index (χ4v) is 4.37. The molecule has 0 aliphatic carbocycles. The third-order valence-electron chi connectivity index (χ3n) is 5.10. The first kappa shape index (κ1) is 31.9. The van der Waals surface area contributed by atoms with Crippen molar-refractivity contribution in [1.29, 1.82) is 0 Å². The number of carbonyl (C=O) groups is 3. The highest BCUT2D eigenvalue weighted by atomic mass is 32.2. The maximum atomic E-state index is 12.8. The van der Waals surface area contributed by atoms with E-state index >= 15 is 0 Å². The minimum absolute atomic E-state index is 0.102. The van der Waals surface area contributed by atoms with Crippen molar-refractivity contribution in [3.63, 3.8) is 0 Å². The molecule has 0 fully saturated rings. The fraction of sp³-hybridized carbons (Fsp3) is 0.536. The Bertz CT molecular complexity index is 1190. The molecule has 1 aromatic heterocycles. The number of amides is 2. The van der Waals surface area contributed by atoms with Crippen LogP contribution in [0.4, 0.5) is 10.7 Å². The topological polar surface area (TPSA) is 146 Å². The summed E-state index contributed by atoms with van der Waals surface area (Å²) in [5, 5.41) is 6.06. The number of hydrogen-bond acceptors (Lipinski definition) is 9. The molecule has 0 saturated heterocycles. The van der Waals surface area contributed by atoms with Gasteiger partial charge in [0.1, 0.15) is 16.2 Å². The van der Waals surface area contributed by atoms with Gasteiger partial charge >= 0.3 is 12.1 Å². The summed E-state index contributed by atoms with van der Waals surface area (Å²) in [7, 11) is 0. The van der Waals surface area contributed by atoms with Crippen LogP contribution in [0.2, 0.25) is 0 Å². The number of nitrogens with one attached hydrogen (secondary N) is 2. The van der Waals surface area contributed by atoms with Gasteiger partial charge in [0.15, 0.2) is 0 Å². The molecule has 0 aliphatic heterocycles. The molecule has 2 amide bonds. The maximum Gasteiger partial charge on any atom is 0.407 e. The molecule has 1 heterocycles. The number of nitrogen functional groups attached to an aromatic ring is 1. The molecule has 10 nitrogen and oxygen atoms in total. The second kappa shape index (κ2) is 13.6. The van der Waals surface area contributed by atoms with Crippen LogP contribution in [0.15, 0.2) is 23.2 Å². The van der Waals surface area contributed by atoms with Crippen molar-refractivity contribution in [3.05, 3.63) is 34.9 Å². The molecular weight excluding hydrogens is 518 g/mol. The quantitative estimate of drug-likeness (QED) is 0.161. The molecule has 11 heteroatoms. The zero-order chi connectivity index (χ0) is 29.4. The lowest BCUT2D eigenvalue weighted by Gasteiger charge is -2.21. The van der Waals surface area contributed by atoms with E-state index in [1.54, 1.807) is 26.8 Å². The summed E-state index contributed by atoms with van der Waals surface area (Å²) in [5.41, 5.74) is 8.47. The Morgan fingerprint density at radius 1 is 0.897 bits per heavy atom. The molecule has 4 N–H and O–H groups in total. The van der Waals surface area contributed by atoms with E-state index in [1.165, 1.54) is 11.8 Å². The van der Waals surface area contributed by atoms with Crippen LogP contribution in [0.25, 0.3) is 11.3 Å². The molecular formula is C28H41N5O5S. The Morgan fingerprint density at radius 2 is 1.54 bits per heavy atom. The molecule has 0 unspecified atom stereocenters. The SMILES string of the molecule is Cc1cc(C)c(-c2cc(SCCCC(=O)NCCNC(=O)OC(C)(C)C)nc(N)n2)cc1C(=O)OC(C)(C)C. The van der Waals surface area contributed by atoms with Crippen molar-refractivity contribution in [2.45, 2.75) is 84.5 Å². The number of aromatic nitrogens is 2. The lowest BCUT2D eigenvalue weighted by Crippen LogP contribution is -2.37. The van der Waals surface area contributed by atoms with E-state index in [0.717, 1.165) is 16.7 Å². The molecule has 0 atom stereocenters. The van der Waals surface area contributed by atoms with Gasteiger partial charge in [-0.3, -0.25) is 4.79 Å². The van der Waals surface area contributed by atoms with Gasteiger partial charge < -0.3 is 25.8 Å². The first-order valence-electron chi connectivity index (χ1n) is 12.9. The Balaban J connectivity index is 1.93. The van der Waals surface area contributed by atoms with E-state index in [2.05, 4.69) is 20.6 Å². The third-order valence-corrected chi connectivity index (χ3v) is 6.10. The monoisotopic (exact) mass is 559 g/mol. The Morgan fingerprint density at radius 3 is 2.18 bits per heavy atom. The van der Waals surface area contributed by atoms with Crippen molar-refractivity contribution < 1.29 is 23.9 Å². The zero-order valence-corrected chi connectivity index (χ0v) is 25.0. The number of benzene rings is 1. The molecule has 2 aromatic rings. The average Bonchev–Trinajstić information content (AvgIpc) is 2.77. The van der Waals surface area contributed by atoms with Crippen LogP contribution in [0.5, 0.6) is 0 Å². The summed E-state index contributed by atoms with van der Waals surface area (Å²) < 4.78 is 10.7. The summed E-state index contributed by atoms with van der Waals surface area (Å²) in [6, 6.07) is 5.55. The van der Waals surface area contributed by atoms with Gasteiger partial charge in [0, 0.05) is 25.1 Å². The number of thioether (sulfide) groups is 1. The number of carbonyl (C=O) groups excluding carboxylic acids is 3. The molecule has 0 bridgehead atoms. The van der Waals surface area contributed by atoms with E-state index in [0.29, 0.717) is 41.4 Å². The van der Waals surface area contributed by atoms with Crippen molar-refractivity contribution in [2.24, 2.45) is 0 Å². The van der Waals surface area contributed by atoms with Crippen molar-refractivity contribution in [2.75, 3.05) is 24.6 Å². The van der Waals surface area contributed by atoms with Gasteiger partial charge in [-0.2, -0.15) is 0 Å². The molecule has 0 spiro atoms. The number of aryl methyl sites for hydroxylation is 2. The van der Waals surface area contributed by atoms with Gasteiger partial charge in [0.25, 0.3) is 0 Å². The van der Waals surface area contributed by atoms with E-state index in [9.17, 15) is 14.4 Å². The highest BCUT2D eigenvalue weighted by Gasteiger charge is 2.21. The molecule has 0 aliphatic rings. The van der Waals surface area contributed by atoms with Crippen LogP contribution in [0.1, 0.15) is 75.9 Å². The van der Waals surface area contributed by atoms with E-state index in [4.69, 9.17) is 15.2 Å². The van der Waals surface area contributed by atoms with Gasteiger partial charge in [-0.25, -0.2) is 19.6 Å². The van der Waals surface area contributed by atoms with Gasteiger partial charge in [-0.15, -0.1) is 11.8 Å². The van der Waals surface area contributed by atoms with Crippen LogP contribution >= 0.6 is 11.8 Å². The molecule has 2 rings (SSSR count). The lowest BCUT2D eigenvalue weighted by molar-refractivity contribution is -0.121. The second-order valence-corrected chi connectivity index (χ2v) is 12.3. The van der Waals surface area contributed by atoms with Crippen LogP contribution in [0, 0.1) is 13.8 Å². The first-order valence-corrected chi connectivity index (χ1v) is 13.9. The van der Waals surface area contributed by atoms with Crippen molar-refractivity contribution in [3.8, 4) is 11.3 Å². The summed E-state index contributed by atoms with van der Waals surface area (Å²) >= 11 is 1.47. The Hall–Kier alpha value is -3.34. The number of ether oxygens (including phenoxy) is 2. The fourth-order valence-electron chi connectivity index (χ4n) is 3.51. The minimum Gasteiger partial charge on any atom is -0.456 e.